The summed E-state index contributed by atoms with van der Waals surface area (Å²) in [5.41, 5.74) is 8.22. The number of hydrogen-bond donors (Lipinski definition) is 3. The first kappa shape index (κ1) is 25.0. The smallest absolute Gasteiger partial charge is 0.236 e. The van der Waals surface area contributed by atoms with Crippen molar-refractivity contribution < 1.29 is 14.4 Å². The van der Waals surface area contributed by atoms with Crippen molar-refractivity contribution in [3.8, 4) is 0 Å². The fourth-order valence-corrected chi connectivity index (χ4v) is 4.73. The summed E-state index contributed by atoms with van der Waals surface area (Å²) in [4.78, 5) is 42.4. The highest BCUT2D eigenvalue weighted by molar-refractivity contribution is 6.30. The molecule has 4 rings (SSSR count). The van der Waals surface area contributed by atoms with E-state index < -0.39 is 6.04 Å². The molecule has 4 N–H and O–H groups in total. The first-order valence-electron chi connectivity index (χ1n) is 12.5. The lowest BCUT2D eigenvalue weighted by molar-refractivity contribution is -0.122. The van der Waals surface area contributed by atoms with Crippen LogP contribution in [0.15, 0.2) is 42.5 Å². The molecule has 186 valence electrons. The lowest BCUT2D eigenvalue weighted by Gasteiger charge is -2.34. The molecule has 1 saturated heterocycles. The number of rotatable bonds is 10. The molecule has 8 nitrogen and oxygen atoms in total. The van der Waals surface area contributed by atoms with Gasteiger partial charge in [-0.3, -0.25) is 14.4 Å². The molecule has 0 bridgehead atoms. The average Bonchev–Trinajstić information content (AvgIpc) is 2.88. The number of amides is 1. The maximum atomic E-state index is 13.1. The van der Waals surface area contributed by atoms with Gasteiger partial charge in [0.2, 0.25) is 5.91 Å². The normalized spacial score (nSPS) is 17.0. The molecule has 0 unspecified atom stereocenters. The number of hydrogen-bond acceptors (Lipinski definition) is 7. The van der Waals surface area contributed by atoms with E-state index in [1.54, 1.807) is 37.3 Å². The van der Waals surface area contributed by atoms with Crippen molar-refractivity contribution in [3.63, 3.8) is 0 Å². The molecule has 2 aliphatic rings. The Kier molecular flexibility index (Phi) is 8.28. The van der Waals surface area contributed by atoms with Gasteiger partial charge < -0.3 is 26.2 Å². The van der Waals surface area contributed by atoms with Crippen molar-refractivity contribution in [2.45, 2.75) is 25.8 Å². The van der Waals surface area contributed by atoms with Gasteiger partial charge in [-0.1, -0.05) is 36.4 Å². The van der Waals surface area contributed by atoms with Gasteiger partial charge in [-0.15, -0.1) is 0 Å². The van der Waals surface area contributed by atoms with Crippen LogP contribution in [-0.2, 0) is 4.79 Å². The number of fused-ring (bicyclic) bond motifs is 2. The number of nitrogens with zero attached hydrogens (tertiary/aromatic N) is 2. The van der Waals surface area contributed by atoms with Crippen molar-refractivity contribution >= 4 is 23.2 Å². The highest BCUT2D eigenvalue weighted by Gasteiger charge is 2.31. The molecule has 0 radical (unpaired) electrons. The van der Waals surface area contributed by atoms with Crippen molar-refractivity contribution in [2.75, 3.05) is 57.7 Å². The lowest BCUT2D eigenvalue weighted by atomic mass is 9.83. The van der Waals surface area contributed by atoms with Crippen LogP contribution in [0.25, 0.3) is 0 Å². The maximum Gasteiger partial charge on any atom is 0.236 e. The summed E-state index contributed by atoms with van der Waals surface area (Å²) in [6, 6.07) is 12.0. The number of anilines is 1. The first-order valence-corrected chi connectivity index (χ1v) is 12.5. The predicted octanol–water partition coefficient (Wildman–Crippen LogP) is 1.74. The van der Waals surface area contributed by atoms with E-state index in [0.29, 0.717) is 28.8 Å². The van der Waals surface area contributed by atoms with Crippen molar-refractivity contribution in [3.05, 3.63) is 64.7 Å². The second-order valence-corrected chi connectivity index (χ2v) is 9.33. The standard InChI is InChI=1S/C27H35N5O3/c1-19(28)27(35)30-12-6-14-32-17-15-31(16-18-32)13-5-11-29-23-10-4-9-22-24(23)26(34)21-8-3-2-7-20(21)25(22)33/h2-4,7-10,19,29H,5-6,11-18,28H2,1H3,(H,30,35)/t19-/m1/s1. The summed E-state index contributed by atoms with van der Waals surface area (Å²) >= 11 is 0. The van der Waals surface area contributed by atoms with Crippen LogP contribution < -0.4 is 16.4 Å². The second-order valence-electron chi connectivity index (χ2n) is 9.33. The number of piperazine rings is 1. The number of carbonyl (C=O) groups is 3. The van der Waals surface area contributed by atoms with E-state index in [2.05, 4.69) is 20.4 Å². The Hall–Kier alpha value is -3.07. The van der Waals surface area contributed by atoms with Gasteiger partial charge in [-0.05, 0) is 38.9 Å². The Bertz CT molecular complexity index is 1080. The monoisotopic (exact) mass is 477 g/mol. The van der Waals surface area contributed by atoms with Crippen LogP contribution >= 0.6 is 0 Å². The Morgan fingerprint density at radius 1 is 0.857 bits per heavy atom. The van der Waals surface area contributed by atoms with Gasteiger partial charge in [-0.25, -0.2) is 0 Å². The number of carbonyl (C=O) groups excluding carboxylic acids is 3. The molecule has 1 aliphatic carbocycles. The van der Waals surface area contributed by atoms with E-state index in [1.165, 1.54) is 0 Å². The Labute approximate surface area is 206 Å². The van der Waals surface area contributed by atoms with E-state index in [4.69, 9.17) is 5.73 Å². The number of nitrogens with one attached hydrogen (secondary N) is 2. The van der Waals surface area contributed by atoms with Crippen molar-refractivity contribution in [1.29, 1.82) is 0 Å². The summed E-state index contributed by atoms with van der Waals surface area (Å²) in [6.07, 6.45) is 1.88. The van der Waals surface area contributed by atoms with Crippen LogP contribution in [0, 0.1) is 0 Å². The number of nitrogens with two attached hydrogens (primary N) is 1. The summed E-state index contributed by atoms with van der Waals surface area (Å²) in [7, 11) is 0. The molecule has 1 atom stereocenters. The number of ketones is 2. The molecule has 35 heavy (non-hydrogen) atoms. The number of benzene rings is 2. The highest BCUT2D eigenvalue weighted by atomic mass is 16.2. The molecule has 2 aromatic rings. The average molecular weight is 478 g/mol. The molecule has 0 spiro atoms. The van der Waals surface area contributed by atoms with Gasteiger partial charge in [0.15, 0.2) is 11.6 Å². The Balaban J connectivity index is 1.20. The molecule has 0 saturated carbocycles. The SMILES string of the molecule is C[C@@H](N)C(=O)NCCCN1CCN(CCCNc2cccc3c2C(=O)c2ccccc2C3=O)CC1. The van der Waals surface area contributed by atoms with Crippen molar-refractivity contribution in [2.24, 2.45) is 5.73 Å². The van der Waals surface area contributed by atoms with E-state index in [0.717, 1.165) is 64.3 Å². The minimum Gasteiger partial charge on any atom is -0.384 e. The third kappa shape index (κ3) is 5.96. The third-order valence-electron chi connectivity index (χ3n) is 6.75. The van der Waals surface area contributed by atoms with Gasteiger partial charge >= 0.3 is 0 Å². The van der Waals surface area contributed by atoms with E-state index in [1.807, 2.05) is 12.1 Å². The third-order valence-corrected chi connectivity index (χ3v) is 6.75. The van der Waals surface area contributed by atoms with Gasteiger partial charge in [-0.2, -0.15) is 0 Å². The fourth-order valence-electron chi connectivity index (χ4n) is 4.73. The topological polar surface area (TPSA) is 108 Å². The summed E-state index contributed by atoms with van der Waals surface area (Å²) in [5, 5.41) is 6.26. The molecule has 2 aromatic carbocycles. The maximum absolute atomic E-state index is 13.1. The molecule has 0 aromatic heterocycles. The van der Waals surface area contributed by atoms with E-state index >= 15 is 0 Å². The fraction of sp³-hybridized carbons (Fsp3) is 0.444. The molecular weight excluding hydrogens is 442 g/mol. The Morgan fingerprint density at radius 2 is 1.43 bits per heavy atom. The van der Waals surface area contributed by atoms with Crippen molar-refractivity contribution in [1.82, 2.24) is 15.1 Å². The van der Waals surface area contributed by atoms with Crippen LogP contribution in [0.3, 0.4) is 0 Å². The molecule has 1 fully saturated rings. The van der Waals surface area contributed by atoms with Crippen LogP contribution in [0.4, 0.5) is 5.69 Å². The van der Waals surface area contributed by atoms with Gasteiger partial charge in [0, 0.05) is 61.6 Å². The zero-order chi connectivity index (χ0) is 24.8. The zero-order valence-corrected chi connectivity index (χ0v) is 20.4. The van der Waals surface area contributed by atoms with Crippen LogP contribution in [-0.4, -0.2) is 85.7 Å². The predicted molar refractivity (Wildman–Crippen MR) is 137 cm³/mol. The van der Waals surface area contributed by atoms with Gasteiger partial charge in [0.05, 0.1) is 11.6 Å². The quantitative estimate of drug-likeness (QED) is 0.382. The molecular formula is C27H35N5O3. The lowest BCUT2D eigenvalue weighted by Crippen LogP contribution is -2.47. The molecule has 1 aliphatic heterocycles. The Morgan fingerprint density at radius 3 is 2.06 bits per heavy atom. The van der Waals surface area contributed by atoms with Crippen LogP contribution in [0.1, 0.15) is 51.6 Å². The van der Waals surface area contributed by atoms with Gasteiger partial charge in [0.25, 0.3) is 0 Å². The molecule has 1 heterocycles. The largest absolute Gasteiger partial charge is 0.384 e. The van der Waals surface area contributed by atoms with Crippen LogP contribution in [0.5, 0.6) is 0 Å². The second kappa shape index (κ2) is 11.6. The first-order chi connectivity index (χ1) is 17.0. The minimum absolute atomic E-state index is 0.0898. The zero-order valence-electron chi connectivity index (χ0n) is 20.4. The van der Waals surface area contributed by atoms with E-state index in [9.17, 15) is 14.4 Å². The molecule has 8 heteroatoms. The summed E-state index contributed by atoms with van der Waals surface area (Å²) in [6.45, 7) is 9.15. The van der Waals surface area contributed by atoms with Gasteiger partial charge in [0.1, 0.15) is 0 Å². The van der Waals surface area contributed by atoms with Crippen LogP contribution in [0.2, 0.25) is 0 Å². The minimum atomic E-state index is -0.458. The van der Waals surface area contributed by atoms with E-state index in [-0.39, 0.29) is 17.5 Å². The summed E-state index contributed by atoms with van der Waals surface area (Å²) in [5.74, 6) is -0.278. The highest BCUT2D eigenvalue weighted by Crippen LogP contribution is 2.31. The molecule has 1 amide bonds. The summed E-state index contributed by atoms with van der Waals surface area (Å²) < 4.78 is 0.